The molecule has 10 heavy (non-hydrogen) atoms. The topological polar surface area (TPSA) is 44.4 Å². The number of fused-ring (bicyclic) bond motifs is 1. The maximum Gasteiger partial charge on any atom is 0.270 e. The molecule has 2 aliphatic rings. The van der Waals surface area contributed by atoms with Crippen LogP contribution in [-0.4, -0.2) is 30.6 Å². The summed E-state index contributed by atoms with van der Waals surface area (Å²) in [7, 11) is 0. The van der Waals surface area contributed by atoms with E-state index in [2.05, 4.69) is 10.6 Å². The van der Waals surface area contributed by atoms with E-state index >= 15 is 0 Å². The van der Waals surface area contributed by atoms with Gasteiger partial charge >= 0.3 is 0 Å². The van der Waals surface area contributed by atoms with Crippen molar-refractivity contribution in [3.8, 4) is 0 Å². The molecule has 0 radical (unpaired) electrons. The fourth-order valence-corrected chi connectivity index (χ4v) is 1.21. The molecule has 0 saturated carbocycles. The molecule has 0 aromatic heterocycles. The third kappa shape index (κ3) is 0.650. The van der Waals surface area contributed by atoms with Gasteiger partial charge in [-0.15, -0.1) is 0 Å². The van der Waals surface area contributed by atoms with E-state index in [0.29, 0.717) is 6.67 Å². The Bertz CT molecular complexity index is 199. The SMILES string of the molecule is O=C1NCN2CCNC=C12. The van der Waals surface area contributed by atoms with E-state index in [4.69, 9.17) is 0 Å². The zero-order valence-corrected chi connectivity index (χ0v) is 5.55. The highest BCUT2D eigenvalue weighted by Crippen LogP contribution is 2.10. The zero-order valence-electron chi connectivity index (χ0n) is 5.55. The molecule has 2 N–H and O–H groups in total. The molecule has 1 fully saturated rings. The summed E-state index contributed by atoms with van der Waals surface area (Å²) in [6.07, 6.45) is 1.77. The number of hydrogen-bond donors (Lipinski definition) is 2. The minimum atomic E-state index is 0.0344. The van der Waals surface area contributed by atoms with Crippen molar-refractivity contribution in [1.82, 2.24) is 15.5 Å². The number of nitrogens with one attached hydrogen (secondary N) is 2. The maximum absolute atomic E-state index is 10.9. The Labute approximate surface area is 58.9 Å². The lowest BCUT2D eigenvalue weighted by Gasteiger charge is -2.21. The molecule has 0 aromatic rings. The lowest BCUT2D eigenvalue weighted by molar-refractivity contribution is -0.116. The number of amides is 1. The molecular weight excluding hydrogens is 130 g/mol. The largest absolute Gasteiger partial charge is 0.387 e. The summed E-state index contributed by atoms with van der Waals surface area (Å²) in [5.74, 6) is 0.0344. The highest BCUT2D eigenvalue weighted by atomic mass is 16.2. The van der Waals surface area contributed by atoms with E-state index in [1.165, 1.54) is 0 Å². The van der Waals surface area contributed by atoms with Gasteiger partial charge < -0.3 is 15.5 Å². The molecule has 4 heteroatoms. The lowest BCUT2D eigenvalue weighted by atomic mass is 10.3. The fraction of sp³-hybridized carbons (Fsp3) is 0.500. The summed E-state index contributed by atoms with van der Waals surface area (Å²) in [6.45, 7) is 2.52. The summed E-state index contributed by atoms with van der Waals surface area (Å²) in [5.41, 5.74) is 0.770. The Hall–Kier alpha value is -1.19. The Morgan fingerprint density at radius 1 is 1.60 bits per heavy atom. The first-order chi connectivity index (χ1) is 4.88. The molecule has 2 aliphatic heterocycles. The van der Waals surface area contributed by atoms with Crippen LogP contribution in [0.1, 0.15) is 0 Å². The van der Waals surface area contributed by atoms with Crippen LogP contribution in [0.15, 0.2) is 11.9 Å². The first kappa shape index (κ1) is 5.58. The standard InChI is InChI=1S/C6H9N3O/c10-6-5-3-7-1-2-9(5)4-8-6/h3,7H,1-2,4H2,(H,8,10). The van der Waals surface area contributed by atoms with Crippen LogP contribution in [0.4, 0.5) is 0 Å². The van der Waals surface area contributed by atoms with Crippen molar-refractivity contribution in [2.45, 2.75) is 0 Å². The second-order valence-corrected chi connectivity index (χ2v) is 2.41. The second-order valence-electron chi connectivity index (χ2n) is 2.41. The first-order valence-corrected chi connectivity index (χ1v) is 3.34. The van der Waals surface area contributed by atoms with Crippen molar-refractivity contribution in [2.75, 3.05) is 19.8 Å². The third-order valence-corrected chi connectivity index (χ3v) is 1.77. The van der Waals surface area contributed by atoms with Gasteiger partial charge in [-0.1, -0.05) is 0 Å². The van der Waals surface area contributed by atoms with E-state index < -0.39 is 0 Å². The Balaban J connectivity index is 2.27. The predicted octanol–water partition coefficient (Wildman–Crippen LogP) is -1.18. The third-order valence-electron chi connectivity index (χ3n) is 1.77. The van der Waals surface area contributed by atoms with E-state index in [1.807, 2.05) is 4.90 Å². The van der Waals surface area contributed by atoms with E-state index in [1.54, 1.807) is 6.20 Å². The summed E-state index contributed by atoms with van der Waals surface area (Å²) >= 11 is 0. The van der Waals surface area contributed by atoms with Crippen LogP contribution in [-0.2, 0) is 4.79 Å². The van der Waals surface area contributed by atoms with Crippen molar-refractivity contribution in [1.29, 1.82) is 0 Å². The van der Waals surface area contributed by atoms with Gasteiger partial charge in [0, 0.05) is 19.3 Å². The van der Waals surface area contributed by atoms with Crippen molar-refractivity contribution >= 4 is 5.91 Å². The minimum Gasteiger partial charge on any atom is -0.387 e. The van der Waals surface area contributed by atoms with Crippen molar-refractivity contribution in [3.63, 3.8) is 0 Å². The smallest absolute Gasteiger partial charge is 0.270 e. The summed E-state index contributed by atoms with van der Waals surface area (Å²) < 4.78 is 0. The van der Waals surface area contributed by atoms with Crippen LogP contribution in [0.2, 0.25) is 0 Å². The molecule has 4 nitrogen and oxygen atoms in total. The summed E-state index contributed by atoms with van der Waals surface area (Å²) in [4.78, 5) is 13.0. The molecule has 2 rings (SSSR count). The van der Waals surface area contributed by atoms with Gasteiger partial charge in [0.2, 0.25) is 0 Å². The predicted molar refractivity (Wildman–Crippen MR) is 35.8 cm³/mol. The summed E-state index contributed by atoms with van der Waals surface area (Å²) in [6, 6.07) is 0. The molecule has 0 aliphatic carbocycles. The molecule has 0 spiro atoms. The van der Waals surface area contributed by atoms with Crippen LogP contribution >= 0.6 is 0 Å². The number of carbonyl (C=O) groups excluding carboxylic acids is 1. The normalized spacial score (nSPS) is 23.0. The molecule has 0 aromatic carbocycles. The Morgan fingerprint density at radius 2 is 2.50 bits per heavy atom. The summed E-state index contributed by atoms with van der Waals surface area (Å²) in [5, 5.41) is 5.76. The van der Waals surface area contributed by atoms with E-state index in [-0.39, 0.29) is 5.91 Å². The number of rotatable bonds is 0. The maximum atomic E-state index is 10.9. The van der Waals surface area contributed by atoms with E-state index in [0.717, 1.165) is 18.8 Å². The fourth-order valence-electron chi connectivity index (χ4n) is 1.21. The first-order valence-electron chi connectivity index (χ1n) is 3.34. The molecular formula is C6H9N3O. The highest BCUT2D eigenvalue weighted by molar-refractivity contribution is 5.94. The molecule has 1 saturated heterocycles. The quantitative estimate of drug-likeness (QED) is 0.444. The highest BCUT2D eigenvalue weighted by Gasteiger charge is 2.25. The average Bonchev–Trinajstić information content (AvgIpc) is 2.34. The van der Waals surface area contributed by atoms with Crippen LogP contribution < -0.4 is 10.6 Å². The van der Waals surface area contributed by atoms with Gasteiger partial charge in [0.25, 0.3) is 5.91 Å². The number of carbonyl (C=O) groups is 1. The van der Waals surface area contributed by atoms with Gasteiger partial charge in [-0.3, -0.25) is 4.79 Å². The van der Waals surface area contributed by atoms with Gasteiger partial charge in [-0.05, 0) is 0 Å². The molecule has 2 heterocycles. The van der Waals surface area contributed by atoms with Crippen LogP contribution in [0.5, 0.6) is 0 Å². The molecule has 0 atom stereocenters. The Kier molecular flexibility index (Phi) is 1.06. The van der Waals surface area contributed by atoms with Gasteiger partial charge in [-0.2, -0.15) is 0 Å². The van der Waals surface area contributed by atoms with Crippen LogP contribution in [0.25, 0.3) is 0 Å². The van der Waals surface area contributed by atoms with Crippen LogP contribution in [0, 0.1) is 0 Å². The Morgan fingerprint density at radius 3 is 3.30 bits per heavy atom. The molecule has 54 valence electrons. The number of nitrogens with zero attached hydrogens (tertiary/aromatic N) is 1. The van der Waals surface area contributed by atoms with E-state index in [9.17, 15) is 4.79 Å². The molecule has 1 amide bonds. The van der Waals surface area contributed by atoms with Gasteiger partial charge in [0.1, 0.15) is 5.70 Å². The van der Waals surface area contributed by atoms with Gasteiger partial charge in [-0.25, -0.2) is 0 Å². The molecule has 0 unspecified atom stereocenters. The second kappa shape index (κ2) is 1.90. The average molecular weight is 139 g/mol. The minimum absolute atomic E-state index is 0.0344. The zero-order chi connectivity index (χ0) is 6.97. The monoisotopic (exact) mass is 139 g/mol. The van der Waals surface area contributed by atoms with Crippen LogP contribution in [0.3, 0.4) is 0 Å². The van der Waals surface area contributed by atoms with Crippen molar-refractivity contribution in [2.24, 2.45) is 0 Å². The van der Waals surface area contributed by atoms with Gasteiger partial charge in [0.05, 0.1) is 6.67 Å². The molecule has 0 bridgehead atoms. The van der Waals surface area contributed by atoms with Crippen molar-refractivity contribution < 1.29 is 4.79 Å². The number of hydrogen-bond acceptors (Lipinski definition) is 3. The van der Waals surface area contributed by atoms with Gasteiger partial charge in [0.15, 0.2) is 0 Å². The lowest BCUT2D eigenvalue weighted by Crippen LogP contribution is -2.33. The van der Waals surface area contributed by atoms with Crippen molar-refractivity contribution in [3.05, 3.63) is 11.9 Å².